The normalized spacial score (nSPS) is 23.9. The molecule has 0 spiro atoms. The van der Waals surface area contributed by atoms with Gasteiger partial charge in [-0.2, -0.15) is 0 Å². The standard InChI is InChI=1S/C18H18O2/c1-17(2)15-10-6-7-11-16(15)18(19,20-17)13-12-14-8-4-3-5-9-14/h3-13,19H,1-2H3/b13-12+/t18-/m0/s1. The van der Waals surface area contributed by atoms with Crippen molar-refractivity contribution in [1.82, 2.24) is 0 Å². The minimum atomic E-state index is -1.37. The number of hydrogen-bond donors (Lipinski definition) is 1. The van der Waals surface area contributed by atoms with Crippen molar-refractivity contribution in [3.63, 3.8) is 0 Å². The van der Waals surface area contributed by atoms with Crippen LogP contribution >= 0.6 is 0 Å². The lowest BCUT2D eigenvalue weighted by Gasteiger charge is -2.24. The molecule has 0 saturated carbocycles. The summed E-state index contributed by atoms with van der Waals surface area (Å²) in [6.45, 7) is 3.94. The second-order valence-electron chi connectivity index (χ2n) is 5.60. The summed E-state index contributed by atoms with van der Waals surface area (Å²) in [5, 5.41) is 10.8. The van der Waals surface area contributed by atoms with E-state index in [9.17, 15) is 5.11 Å². The van der Waals surface area contributed by atoms with Crippen LogP contribution in [0.5, 0.6) is 0 Å². The van der Waals surface area contributed by atoms with Crippen LogP contribution in [0.3, 0.4) is 0 Å². The lowest BCUT2D eigenvalue weighted by atomic mass is 9.93. The van der Waals surface area contributed by atoms with Crippen LogP contribution in [0.4, 0.5) is 0 Å². The van der Waals surface area contributed by atoms with Gasteiger partial charge in [0.25, 0.3) is 0 Å². The van der Waals surface area contributed by atoms with Gasteiger partial charge in [0.05, 0.1) is 5.60 Å². The molecule has 0 amide bonds. The van der Waals surface area contributed by atoms with E-state index in [1.165, 1.54) is 0 Å². The van der Waals surface area contributed by atoms with E-state index in [4.69, 9.17) is 4.74 Å². The molecule has 1 heterocycles. The Bertz CT molecular complexity index is 643. The number of benzene rings is 2. The fourth-order valence-electron chi connectivity index (χ4n) is 2.72. The molecule has 1 atom stereocenters. The highest BCUT2D eigenvalue weighted by atomic mass is 16.6. The third-order valence-electron chi connectivity index (χ3n) is 3.67. The molecule has 2 heteroatoms. The molecule has 0 fully saturated rings. The minimum Gasteiger partial charge on any atom is -0.359 e. The molecule has 2 aromatic rings. The van der Waals surface area contributed by atoms with Crippen molar-refractivity contribution >= 4 is 6.08 Å². The molecule has 1 aliphatic rings. The first-order chi connectivity index (χ1) is 9.51. The highest BCUT2D eigenvalue weighted by molar-refractivity contribution is 5.53. The molecule has 102 valence electrons. The van der Waals surface area contributed by atoms with Crippen molar-refractivity contribution in [3.05, 3.63) is 77.4 Å². The summed E-state index contributed by atoms with van der Waals surface area (Å²) in [4.78, 5) is 0. The first-order valence-corrected chi connectivity index (χ1v) is 6.78. The van der Waals surface area contributed by atoms with E-state index < -0.39 is 11.4 Å². The van der Waals surface area contributed by atoms with Gasteiger partial charge >= 0.3 is 0 Å². The molecular formula is C18H18O2. The van der Waals surface area contributed by atoms with E-state index in [0.717, 1.165) is 16.7 Å². The molecule has 0 radical (unpaired) electrons. The van der Waals surface area contributed by atoms with Crippen molar-refractivity contribution in [2.75, 3.05) is 0 Å². The Morgan fingerprint density at radius 3 is 2.20 bits per heavy atom. The molecule has 20 heavy (non-hydrogen) atoms. The highest BCUT2D eigenvalue weighted by Crippen LogP contribution is 2.46. The Kier molecular flexibility index (Phi) is 3.00. The summed E-state index contributed by atoms with van der Waals surface area (Å²) >= 11 is 0. The van der Waals surface area contributed by atoms with Gasteiger partial charge in [-0.15, -0.1) is 0 Å². The summed E-state index contributed by atoms with van der Waals surface area (Å²) in [5.41, 5.74) is 2.39. The maximum atomic E-state index is 10.8. The smallest absolute Gasteiger partial charge is 0.214 e. The lowest BCUT2D eigenvalue weighted by Crippen LogP contribution is -2.26. The number of aliphatic hydroxyl groups is 1. The average Bonchev–Trinajstić information content (AvgIpc) is 2.66. The first kappa shape index (κ1) is 13.1. The summed E-state index contributed by atoms with van der Waals surface area (Å²) in [5.74, 6) is -1.37. The molecule has 1 N–H and O–H groups in total. The molecular weight excluding hydrogens is 248 g/mol. The van der Waals surface area contributed by atoms with E-state index in [2.05, 4.69) is 0 Å². The highest BCUT2D eigenvalue weighted by Gasteiger charge is 2.46. The number of rotatable bonds is 2. The van der Waals surface area contributed by atoms with E-state index in [1.54, 1.807) is 6.08 Å². The molecule has 2 nitrogen and oxygen atoms in total. The predicted octanol–water partition coefficient (Wildman–Crippen LogP) is 3.81. The van der Waals surface area contributed by atoms with Gasteiger partial charge in [-0.25, -0.2) is 0 Å². The second kappa shape index (κ2) is 4.58. The zero-order valence-electron chi connectivity index (χ0n) is 11.7. The predicted molar refractivity (Wildman–Crippen MR) is 79.9 cm³/mol. The van der Waals surface area contributed by atoms with Crippen LogP contribution in [0.1, 0.15) is 30.5 Å². The van der Waals surface area contributed by atoms with Crippen LogP contribution in [-0.2, 0) is 16.1 Å². The zero-order chi connectivity index (χ0) is 14.2. The maximum absolute atomic E-state index is 10.8. The van der Waals surface area contributed by atoms with Crippen LogP contribution in [0.2, 0.25) is 0 Å². The van der Waals surface area contributed by atoms with Gasteiger partial charge in [0, 0.05) is 5.56 Å². The Labute approximate surface area is 119 Å². The van der Waals surface area contributed by atoms with Gasteiger partial charge in [0.2, 0.25) is 5.79 Å². The first-order valence-electron chi connectivity index (χ1n) is 6.78. The van der Waals surface area contributed by atoms with Crippen LogP contribution < -0.4 is 0 Å². The molecule has 3 rings (SSSR count). The van der Waals surface area contributed by atoms with E-state index in [-0.39, 0.29) is 0 Å². The van der Waals surface area contributed by atoms with Crippen LogP contribution in [-0.4, -0.2) is 5.11 Å². The van der Waals surface area contributed by atoms with Crippen molar-refractivity contribution in [1.29, 1.82) is 0 Å². The SMILES string of the molecule is CC1(C)O[C@@](O)(/C=C/c2ccccc2)c2ccccc21. The minimum absolute atomic E-state index is 0.494. The van der Waals surface area contributed by atoms with Crippen molar-refractivity contribution < 1.29 is 9.84 Å². The second-order valence-corrected chi connectivity index (χ2v) is 5.60. The Morgan fingerprint density at radius 2 is 1.50 bits per heavy atom. The summed E-state index contributed by atoms with van der Waals surface area (Å²) in [6, 6.07) is 17.7. The fraction of sp³-hybridized carbons (Fsp3) is 0.222. The third-order valence-corrected chi connectivity index (χ3v) is 3.67. The van der Waals surface area contributed by atoms with Gasteiger partial charge in [-0.1, -0.05) is 60.7 Å². The van der Waals surface area contributed by atoms with E-state index in [1.807, 2.05) is 74.5 Å². The maximum Gasteiger partial charge on any atom is 0.214 e. The molecule has 1 aliphatic heterocycles. The fourth-order valence-corrected chi connectivity index (χ4v) is 2.72. The van der Waals surface area contributed by atoms with Gasteiger partial charge in [0.15, 0.2) is 0 Å². The quantitative estimate of drug-likeness (QED) is 0.895. The summed E-state index contributed by atoms with van der Waals surface area (Å²) in [7, 11) is 0. The van der Waals surface area contributed by atoms with E-state index in [0.29, 0.717) is 0 Å². The Morgan fingerprint density at radius 1 is 0.900 bits per heavy atom. The monoisotopic (exact) mass is 266 g/mol. The number of hydrogen-bond acceptors (Lipinski definition) is 2. The van der Waals surface area contributed by atoms with Gasteiger partial charge in [-0.3, -0.25) is 0 Å². The summed E-state index contributed by atoms with van der Waals surface area (Å²) < 4.78 is 5.90. The van der Waals surface area contributed by atoms with Crippen LogP contribution in [0, 0.1) is 0 Å². The summed E-state index contributed by atoms with van der Waals surface area (Å²) in [6.07, 6.45) is 3.61. The molecule has 0 aromatic heterocycles. The molecule has 0 aliphatic carbocycles. The molecule has 0 saturated heterocycles. The number of fused-ring (bicyclic) bond motifs is 1. The van der Waals surface area contributed by atoms with Crippen molar-refractivity contribution in [2.24, 2.45) is 0 Å². The largest absolute Gasteiger partial charge is 0.359 e. The van der Waals surface area contributed by atoms with Crippen LogP contribution in [0.15, 0.2) is 60.7 Å². The van der Waals surface area contributed by atoms with E-state index >= 15 is 0 Å². The number of ether oxygens (including phenoxy) is 1. The van der Waals surface area contributed by atoms with Gasteiger partial charge in [0.1, 0.15) is 0 Å². The Hall–Kier alpha value is -1.90. The van der Waals surface area contributed by atoms with Crippen molar-refractivity contribution in [3.8, 4) is 0 Å². The lowest BCUT2D eigenvalue weighted by molar-refractivity contribution is -0.217. The van der Waals surface area contributed by atoms with Gasteiger partial charge < -0.3 is 9.84 Å². The molecule has 2 aromatic carbocycles. The topological polar surface area (TPSA) is 29.5 Å². The Balaban J connectivity index is 2.00. The van der Waals surface area contributed by atoms with Crippen LogP contribution in [0.25, 0.3) is 6.08 Å². The molecule has 0 bridgehead atoms. The van der Waals surface area contributed by atoms with Crippen molar-refractivity contribution in [2.45, 2.75) is 25.2 Å². The third kappa shape index (κ3) is 2.17. The molecule has 0 unspecified atom stereocenters. The zero-order valence-corrected chi connectivity index (χ0v) is 11.7. The van der Waals surface area contributed by atoms with Gasteiger partial charge in [-0.05, 0) is 31.1 Å². The average molecular weight is 266 g/mol.